The second-order valence-electron chi connectivity index (χ2n) is 7.79. The number of nitrogens with one attached hydrogen (secondary N) is 1. The SMILES string of the molecule is OC(CNCC(O)(c1ccccc1)c1ccccc1)(c1ccccc1)c1ccccc1. The Morgan fingerprint density at radius 1 is 0.419 bits per heavy atom. The van der Waals surface area contributed by atoms with Crippen LogP contribution >= 0.6 is 0 Å². The van der Waals surface area contributed by atoms with Gasteiger partial charge < -0.3 is 15.5 Å². The van der Waals surface area contributed by atoms with Gasteiger partial charge in [-0.05, 0) is 22.3 Å². The molecule has 0 atom stereocenters. The molecule has 0 heterocycles. The molecule has 0 aliphatic carbocycles. The van der Waals surface area contributed by atoms with Gasteiger partial charge in [0.25, 0.3) is 0 Å². The molecular formula is C28H27NO2. The molecule has 31 heavy (non-hydrogen) atoms. The van der Waals surface area contributed by atoms with Crippen LogP contribution in [0.4, 0.5) is 0 Å². The Bertz CT molecular complexity index is 899. The van der Waals surface area contributed by atoms with Crippen molar-refractivity contribution in [1.29, 1.82) is 0 Å². The Morgan fingerprint density at radius 2 is 0.645 bits per heavy atom. The van der Waals surface area contributed by atoms with Crippen molar-refractivity contribution in [3.8, 4) is 0 Å². The lowest BCUT2D eigenvalue weighted by Crippen LogP contribution is -2.45. The van der Waals surface area contributed by atoms with Crippen molar-refractivity contribution in [2.75, 3.05) is 13.1 Å². The van der Waals surface area contributed by atoms with Crippen LogP contribution in [0.1, 0.15) is 22.3 Å². The summed E-state index contributed by atoms with van der Waals surface area (Å²) in [6, 6.07) is 38.5. The molecule has 0 amide bonds. The van der Waals surface area contributed by atoms with E-state index in [9.17, 15) is 10.2 Å². The molecule has 3 heteroatoms. The van der Waals surface area contributed by atoms with Crippen molar-refractivity contribution in [1.82, 2.24) is 5.32 Å². The van der Waals surface area contributed by atoms with E-state index >= 15 is 0 Å². The van der Waals surface area contributed by atoms with Crippen LogP contribution < -0.4 is 5.32 Å². The van der Waals surface area contributed by atoms with Gasteiger partial charge in [0.1, 0.15) is 11.2 Å². The van der Waals surface area contributed by atoms with E-state index in [1.54, 1.807) is 0 Å². The minimum absolute atomic E-state index is 0.253. The van der Waals surface area contributed by atoms with Gasteiger partial charge in [-0.15, -0.1) is 0 Å². The summed E-state index contributed by atoms with van der Waals surface area (Å²) in [7, 11) is 0. The molecule has 0 aliphatic heterocycles. The average Bonchev–Trinajstić information content (AvgIpc) is 2.86. The molecule has 4 aromatic carbocycles. The van der Waals surface area contributed by atoms with Crippen molar-refractivity contribution in [2.45, 2.75) is 11.2 Å². The normalized spacial score (nSPS) is 11.9. The molecule has 0 fully saturated rings. The lowest BCUT2D eigenvalue weighted by atomic mass is 9.84. The van der Waals surface area contributed by atoms with Crippen LogP contribution in [0.3, 0.4) is 0 Å². The predicted molar refractivity (Wildman–Crippen MR) is 125 cm³/mol. The maximum absolute atomic E-state index is 11.7. The molecule has 4 aromatic rings. The molecule has 0 aliphatic rings. The van der Waals surface area contributed by atoms with Crippen molar-refractivity contribution in [3.05, 3.63) is 144 Å². The fourth-order valence-corrected chi connectivity index (χ4v) is 4.02. The standard InChI is InChI=1S/C28H27NO2/c30-27(23-13-5-1-6-14-23,24-15-7-2-8-16-24)21-29-22-28(31,25-17-9-3-10-18-25)26-19-11-4-12-20-26/h1-20,29-31H,21-22H2. The van der Waals surface area contributed by atoms with Crippen LogP contribution in [0.2, 0.25) is 0 Å². The molecular weight excluding hydrogens is 382 g/mol. The molecule has 0 aromatic heterocycles. The number of benzene rings is 4. The summed E-state index contributed by atoms with van der Waals surface area (Å²) in [6.45, 7) is 0.506. The highest BCUT2D eigenvalue weighted by atomic mass is 16.3. The quantitative estimate of drug-likeness (QED) is 0.403. The van der Waals surface area contributed by atoms with E-state index in [1.807, 2.05) is 121 Å². The fraction of sp³-hybridized carbons (Fsp3) is 0.143. The van der Waals surface area contributed by atoms with Crippen molar-refractivity contribution in [2.24, 2.45) is 0 Å². The zero-order valence-electron chi connectivity index (χ0n) is 17.4. The molecule has 0 unspecified atom stereocenters. The highest BCUT2D eigenvalue weighted by Crippen LogP contribution is 2.31. The lowest BCUT2D eigenvalue weighted by molar-refractivity contribution is 0.0526. The van der Waals surface area contributed by atoms with E-state index in [-0.39, 0.29) is 13.1 Å². The Hall–Kier alpha value is -3.24. The largest absolute Gasteiger partial charge is 0.379 e. The summed E-state index contributed by atoms with van der Waals surface area (Å²) >= 11 is 0. The molecule has 4 rings (SSSR count). The number of aliphatic hydroxyl groups is 2. The second-order valence-corrected chi connectivity index (χ2v) is 7.79. The zero-order valence-corrected chi connectivity index (χ0v) is 17.4. The first-order valence-electron chi connectivity index (χ1n) is 10.5. The fourth-order valence-electron chi connectivity index (χ4n) is 4.02. The van der Waals surface area contributed by atoms with Gasteiger partial charge in [-0.3, -0.25) is 0 Å². The molecule has 3 N–H and O–H groups in total. The van der Waals surface area contributed by atoms with Crippen LogP contribution in [-0.4, -0.2) is 23.3 Å². The number of hydrogen-bond acceptors (Lipinski definition) is 3. The Balaban J connectivity index is 1.64. The van der Waals surface area contributed by atoms with Gasteiger partial charge in [-0.25, -0.2) is 0 Å². The third kappa shape index (κ3) is 4.44. The minimum atomic E-state index is -1.23. The highest BCUT2D eigenvalue weighted by molar-refractivity contribution is 5.38. The number of rotatable bonds is 8. The Morgan fingerprint density at radius 3 is 0.871 bits per heavy atom. The third-order valence-electron chi connectivity index (χ3n) is 5.77. The van der Waals surface area contributed by atoms with E-state index in [4.69, 9.17) is 0 Å². The Kier molecular flexibility index (Phi) is 6.28. The maximum atomic E-state index is 11.7. The van der Waals surface area contributed by atoms with Gasteiger partial charge in [-0.1, -0.05) is 121 Å². The van der Waals surface area contributed by atoms with Crippen LogP contribution in [0.25, 0.3) is 0 Å². The van der Waals surface area contributed by atoms with Crippen molar-refractivity contribution in [3.63, 3.8) is 0 Å². The molecule has 156 valence electrons. The molecule has 0 saturated carbocycles. The lowest BCUT2D eigenvalue weighted by Gasteiger charge is -2.34. The molecule has 0 radical (unpaired) electrons. The van der Waals surface area contributed by atoms with E-state index in [1.165, 1.54) is 0 Å². The summed E-state index contributed by atoms with van der Waals surface area (Å²) in [5.74, 6) is 0. The molecule has 0 spiro atoms. The van der Waals surface area contributed by atoms with E-state index in [2.05, 4.69) is 5.32 Å². The molecule has 3 nitrogen and oxygen atoms in total. The maximum Gasteiger partial charge on any atom is 0.127 e. The summed E-state index contributed by atoms with van der Waals surface area (Å²) in [5, 5.41) is 26.9. The van der Waals surface area contributed by atoms with Crippen LogP contribution in [-0.2, 0) is 11.2 Å². The topological polar surface area (TPSA) is 52.5 Å². The van der Waals surface area contributed by atoms with Crippen LogP contribution in [0, 0.1) is 0 Å². The summed E-state index contributed by atoms with van der Waals surface area (Å²) in [6.07, 6.45) is 0. The highest BCUT2D eigenvalue weighted by Gasteiger charge is 2.35. The predicted octanol–water partition coefficient (Wildman–Crippen LogP) is 4.45. The second kappa shape index (κ2) is 9.27. The third-order valence-corrected chi connectivity index (χ3v) is 5.77. The van der Waals surface area contributed by atoms with Crippen LogP contribution in [0.15, 0.2) is 121 Å². The molecule has 0 bridgehead atoms. The smallest absolute Gasteiger partial charge is 0.127 e. The van der Waals surface area contributed by atoms with Gasteiger partial charge in [0, 0.05) is 13.1 Å². The van der Waals surface area contributed by atoms with Gasteiger partial charge in [-0.2, -0.15) is 0 Å². The van der Waals surface area contributed by atoms with E-state index < -0.39 is 11.2 Å². The number of hydrogen-bond donors (Lipinski definition) is 3. The van der Waals surface area contributed by atoms with Gasteiger partial charge in [0.15, 0.2) is 0 Å². The van der Waals surface area contributed by atoms with Gasteiger partial charge in [0.2, 0.25) is 0 Å². The summed E-state index contributed by atoms with van der Waals surface area (Å²) < 4.78 is 0. The van der Waals surface area contributed by atoms with E-state index in [0.717, 1.165) is 22.3 Å². The zero-order chi connectivity index (χ0) is 21.6. The molecule has 0 saturated heterocycles. The first-order valence-corrected chi connectivity index (χ1v) is 10.5. The first kappa shape index (κ1) is 21.0. The van der Waals surface area contributed by atoms with Crippen LogP contribution in [0.5, 0.6) is 0 Å². The summed E-state index contributed by atoms with van der Waals surface area (Å²) in [5.41, 5.74) is 0.759. The monoisotopic (exact) mass is 409 g/mol. The van der Waals surface area contributed by atoms with Crippen molar-refractivity contribution >= 4 is 0 Å². The van der Waals surface area contributed by atoms with E-state index in [0.29, 0.717) is 0 Å². The summed E-state index contributed by atoms with van der Waals surface area (Å²) in [4.78, 5) is 0. The Labute approximate surface area is 183 Å². The minimum Gasteiger partial charge on any atom is -0.379 e. The average molecular weight is 410 g/mol. The van der Waals surface area contributed by atoms with Crippen molar-refractivity contribution < 1.29 is 10.2 Å². The first-order chi connectivity index (χ1) is 15.1. The van der Waals surface area contributed by atoms with Gasteiger partial charge >= 0.3 is 0 Å². The van der Waals surface area contributed by atoms with Gasteiger partial charge in [0.05, 0.1) is 0 Å².